The summed E-state index contributed by atoms with van der Waals surface area (Å²) in [5.74, 6) is -0.322. The molecular weight excluding hydrogens is 310 g/mol. The molecule has 2 aromatic rings. The Kier molecular flexibility index (Phi) is 5.30. The molecule has 1 aromatic heterocycles. The van der Waals surface area contributed by atoms with Gasteiger partial charge < -0.3 is 11.1 Å². The second kappa shape index (κ2) is 7.19. The summed E-state index contributed by atoms with van der Waals surface area (Å²) in [7, 11) is 0. The number of nitrogens with zero attached hydrogens (tertiary/aromatic N) is 1. The maximum atomic E-state index is 12.0. The number of aromatic nitrogens is 1. The molecule has 7 heteroatoms. The molecule has 0 atom stereocenters. The number of nitrogens with two attached hydrogens (primary N) is 1. The van der Waals surface area contributed by atoms with Crippen LogP contribution in [0.2, 0.25) is 0 Å². The number of hydrogen-bond donors (Lipinski definition) is 2. The molecule has 0 spiro atoms. The molecule has 1 heterocycles. The number of hydrogen-bond acceptors (Lipinski definition) is 4. The fourth-order valence-electron chi connectivity index (χ4n) is 1.70. The van der Waals surface area contributed by atoms with Gasteiger partial charge in [0.05, 0.1) is 11.6 Å². The molecule has 3 N–H and O–H groups in total. The number of thiazole rings is 1. The third-order valence-electron chi connectivity index (χ3n) is 2.72. The van der Waals surface area contributed by atoms with E-state index in [1.165, 1.54) is 11.3 Å². The molecule has 0 aliphatic heterocycles. The Morgan fingerprint density at radius 3 is 2.86 bits per heavy atom. The van der Waals surface area contributed by atoms with Gasteiger partial charge in [-0.1, -0.05) is 12.1 Å². The van der Waals surface area contributed by atoms with Crippen molar-refractivity contribution in [2.24, 2.45) is 5.73 Å². The van der Waals surface area contributed by atoms with Crippen molar-refractivity contribution in [1.82, 2.24) is 10.3 Å². The minimum atomic E-state index is -0.444. The van der Waals surface area contributed by atoms with Crippen LogP contribution in [-0.2, 0) is 10.7 Å². The summed E-state index contributed by atoms with van der Waals surface area (Å²) in [4.78, 5) is 27.0. The Hall–Kier alpha value is -1.92. The van der Waals surface area contributed by atoms with Gasteiger partial charge in [-0.25, -0.2) is 4.98 Å². The zero-order valence-corrected chi connectivity index (χ0v) is 12.7. The van der Waals surface area contributed by atoms with Crippen LogP contribution in [0.4, 0.5) is 0 Å². The van der Waals surface area contributed by atoms with E-state index in [0.717, 1.165) is 16.3 Å². The molecule has 21 heavy (non-hydrogen) atoms. The van der Waals surface area contributed by atoms with Gasteiger partial charge in [0, 0.05) is 29.5 Å². The number of primary amides is 1. The minimum Gasteiger partial charge on any atom is -0.370 e. The molecule has 2 amide bonds. The van der Waals surface area contributed by atoms with Crippen LogP contribution >= 0.6 is 22.9 Å². The monoisotopic (exact) mass is 323 g/mol. The highest BCUT2D eigenvalue weighted by molar-refractivity contribution is 7.13. The van der Waals surface area contributed by atoms with Crippen molar-refractivity contribution >= 4 is 34.8 Å². The lowest BCUT2D eigenvalue weighted by Gasteiger charge is -2.05. The van der Waals surface area contributed by atoms with Gasteiger partial charge in [-0.2, -0.15) is 0 Å². The van der Waals surface area contributed by atoms with Crippen LogP contribution in [0.15, 0.2) is 29.6 Å². The van der Waals surface area contributed by atoms with Crippen molar-refractivity contribution in [3.05, 3.63) is 40.9 Å². The molecule has 5 nitrogen and oxygen atoms in total. The SMILES string of the molecule is NC(=O)CCNC(=O)c1cccc(-c2nc(CCl)cs2)c1. The number of amides is 2. The van der Waals surface area contributed by atoms with Gasteiger partial charge in [-0.3, -0.25) is 9.59 Å². The molecule has 0 saturated heterocycles. The molecule has 0 saturated carbocycles. The summed E-state index contributed by atoms with van der Waals surface area (Å²) in [5, 5.41) is 5.36. The summed E-state index contributed by atoms with van der Waals surface area (Å²) >= 11 is 7.22. The number of alkyl halides is 1. The van der Waals surface area contributed by atoms with Crippen LogP contribution in [0.25, 0.3) is 10.6 Å². The largest absolute Gasteiger partial charge is 0.370 e. The molecular formula is C14H14ClN3O2S. The van der Waals surface area contributed by atoms with Crippen molar-refractivity contribution in [2.45, 2.75) is 12.3 Å². The topological polar surface area (TPSA) is 85.1 Å². The van der Waals surface area contributed by atoms with Crippen molar-refractivity contribution < 1.29 is 9.59 Å². The van der Waals surface area contributed by atoms with Crippen molar-refractivity contribution in [2.75, 3.05) is 6.54 Å². The van der Waals surface area contributed by atoms with E-state index in [0.29, 0.717) is 11.4 Å². The first-order chi connectivity index (χ1) is 10.1. The van der Waals surface area contributed by atoms with Crippen LogP contribution in [-0.4, -0.2) is 23.3 Å². The summed E-state index contributed by atoms with van der Waals surface area (Å²) in [6.07, 6.45) is 0.122. The van der Waals surface area contributed by atoms with E-state index in [1.807, 2.05) is 11.4 Å². The normalized spacial score (nSPS) is 10.3. The third-order valence-corrected chi connectivity index (χ3v) is 3.93. The Balaban J connectivity index is 2.10. The third kappa shape index (κ3) is 4.27. The minimum absolute atomic E-state index is 0.122. The van der Waals surface area contributed by atoms with Gasteiger partial charge >= 0.3 is 0 Å². The van der Waals surface area contributed by atoms with Gasteiger partial charge in [0.2, 0.25) is 5.91 Å². The van der Waals surface area contributed by atoms with E-state index >= 15 is 0 Å². The fraction of sp³-hybridized carbons (Fsp3) is 0.214. The zero-order valence-electron chi connectivity index (χ0n) is 11.1. The quantitative estimate of drug-likeness (QED) is 0.799. The molecule has 2 rings (SSSR count). The van der Waals surface area contributed by atoms with Crippen LogP contribution in [0, 0.1) is 0 Å². The highest BCUT2D eigenvalue weighted by Crippen LogP contribution is 2.25. The molecule has 0 aliphatic carbocycles. The molecule has 0 radical (unpaired) electrons. The van der Waals surface area contributed by atoms with E-state index in [1.54, 1.807) is 18.2 Å². The molecule has 0 unspecified atom stereocenters. The highest BCUT2D eigenvalue weighted by atomic mass is 35.5. The fourth-order valence-corrected chi connectivity index (χ4v) is 2.74. The van der Waals surface area contributed by atoms with Gasteiger partial charge in [-0.05, 0) is 12.1 Å². The Morgan fingerprint density at radius 1 is 1.38 bits per heavy atom. The average Bonchev–Trinajstić information content (AvgIpc) is 2.96. The van der Waals surface area contributed by atoms with Crippen LogP contribution in [0.1, 0.15) is 22.5 Å². The van der Waals surface area contributed by atoms with Crippen LogP contribution in [0.5, 0.6) is 0 Å². The maximum Gasteiger partial charge on any atom is 0.251 e. The van der Waals surface area contributed by atoms with Gasteiger partial charge in [0.15, 0.2) is 0 Å². The second-order valence-electron chi connectivity index (χ2n) is 4.33. The van der Waals surface area contributed by atoms with E-state index in [2.05, 4.69) is 10.3 Å². The summed E-state index contributed by atoms with van der Waals surface area (Å²) in [5.41, 5.74) is 7.21. The van der Waals surface area contributed by atoms with Gasteiger partial charge in [-0.15, -0.1) is 22.9 Å². The van der Waals surface area contributed by atoms with Crippen molar-refractivity contribution in [3.63, 3.8) is 0 Å². The van der Waals surface area contributed by atoms with Gasteiger partial charge in [0.1, 0.15) is 5.01 Å². The van der Waals surface area contributed by atoms with Crippen LogP contribution in [0.3, 0.4) is 0 Å². The number of carbonyl (C=O) groups is 2. The first-order valence-electron chi connectivity index (χ1n) is 6.27. The molecule has 110 valence electrons. The molecule has 1 aromatic carbocycles. The highest BCUT2D eigenvalue weighted by Gasteiger charge is 2.09. The second-order valence-corrected chi connectivity index (χ2v) is 5.46. The van der Waals surface area contributed by atoms with Crippen LogP contribution < -0.4 is 11.1 Å². The molecule has 0 fully saturated rings. The predicted molar refractivity (Wildman–Crippen MR) is 83.3 cm³/mol. The van der Waals surface area contributed by atoms with E-state index < -0.39 is 5.91 Å². The average molecular weight is 324 g/mol. The number of benzene rings is 1. The zero-order chi connectivity index (χ0) is 15.2. The Bertz CT molecular complexity index is 657. The number of halogens is 1. The van der Waals surface area contributed by atoms with Gasteiger partial charge in [0.25, 0.3) is 5.91 Å². The first-order valence-corrected chi connectivity index (χ1v) is 7.69. The van der Waals surface area contributed by atoms with E-state index in [9.17, 15) is 9.59 Å². The lowest BCUT2D eigenvalue weighted by atomic mass is 10.1. The summed E-state index contributed by atoms with van der Waals surface area (Å²) in [6, 6.07) is 7.15. The maximum absolute atomic E-state index is 12.0. The number of rotatable bonds is 6. The lowest BCUT2D eigenvalue weighted by molar-refractivity contribution is -0.117. The Labute approximate surface area is 131 Å². The van der Waals surface area contributed by atoms with Crippen molar-refractivity contribution in [3.8, 4) is 10.6 Å². The Morgan fingerprint density at radius 2 is 2.19 bits per heavy atom. The lowest BCUT2D eigenvalue weighted by Crippen LogP contribution is -2.27. The smallest absolute Gasteiger partial charge is 0.251 e. The van der Waals surface area contributed by atoms with E-state index in [4.69, 9.17) is 17.3 Å². The number of carbonyl (C=O) groups excluding carboxylic acids is 2. The standard InChI is InChI=1S/C14H14ClN3O2S/c15-7-11-8-21-14(18-11)10-3-1-2-9(6-10)13(20)17-5-4-12(16)19/h1-3,6,8H,4-5,7H2,(H2,16,19)(H,17,20). The first kappa shape index (κ1) is 15.5. The summed E-state index contributed by atoms with van der Waals surface area (Å²) in [6.45, 7) is 0.228. The molecule has 0 bridgehead atoms. The predicted octanol–water partition coefficient (Wildman–Crippen LogP) is 2.15. The summed E-state index contributed by atoms with van der Waals surface area (Å²) < 4.78 is 0. The number of nitrogens with one attached hydrogen (secondary N) is 1. The van der Waals surface area contributed by atoms with Crippen molar-refractivity contribution in [1.29, 1.82) is 0 Å². The van der Waals surface area contributed by atoms with E-state index in [-0.39, 0.29) is 18.9 Å². The molecule has 0 aliphatic rings.